The Morgan fingerprint density at radius 3 is 1.97 bits per heavy atom. The Balaban J connectivity index is 1.57. The molecule has 0 spiro atoms. The van der Waals surface area contributed by atoms with E-state index in [4.69, 9.17) is 9.97 Å². The van der Waals surface area contributed by atoms with Crippen molar-refractivity contribution < 1.29 is 4.79 Å². The monoisotopic (exact) mass is 425 g/mol. The molecule has 5 heteroatoms. The molecule has 1 aromatic heterocycles. The Hall–Kier alpha value is -3.44. The number of rotatable bonds is 6. The lowest BCUT2D eigenvalue weighted by molar-refractivity contribution is -0.113. The van der Waals surface area contributed by atoms with Crippen LogP contribution in [0.25, 0.3) is 22.5 Å². The van der Waals surface area contributed by atoms with Crippen LogP contribution in [-0.4, -0.2) is 21.6 Å². The minimum Gasteiger partial charge on any atom is -0.325 e. The van der Waals surface area contributed by atoms with Crippen LogP contribution in [0, 0.1) is 13.8 Å². The number of hydrogen-bond donors (Lipinski definition) is 1. The Morgan fingerprint density at radius 2 is 1.39 bits per heavy atom. The van der Waals surface area contributed by atoms with Gasteiger partial charge in [-0.3, -0.25) is 4.79 Å². The second-order valence-electron chi connectivity index (χ2n) is 7.24. The molecule has 0 unspecified atom stereocenters. The van der Waals surface area contributed by atoms with Gasteiger partial charge >= 0.3 is 0 Å². The SMILES string of the molecule is Cc1cccc(NC(=O)CSc2nc(-c3ccccc3)cc(-c3ccccc3)n2)c1C. The van der Waals surface area contributed by atoms with Gasteiger partial charge in [0.2, 0.25) is 5.91 Å². The predicted molar refractivity (Wildman–Crippen MR) is 128 cm³/mol. The number of anilines is 1. The third-order valence-electron chi connectivity index (χ3n) is 5.06. The summed E-state index contributed by atoms with van der Waals surface area (Å²) in [6, 6.07) is 27.9. The Labute approximate surface area is 186 Å². The summed E-state index contributed by atoms with van der Waals surface area (Å²) in [5.74, 6) is 0.161. The number of nitrogens with one attached hydrogen (secondary N) is 1. The van der Waals surface area contributed by atoms with Gasteiger partial charge in [0.25, 0.3) is 0 Å². The molecule has 3 aromatic carbocycles. The van der Waals surface area contributed by atoms with Crippen molar-refractivity contribution in [2.75, 3.05) is 11.1 Å². The van der Waals surface area contributed by atoms with E-state index >= 15 is 0 Å². The van der Waals surface area contributed by atoms with Gasteiger partial charge in [-0.25, -0.2) is 9.97 Å². The lowest BCUT2D eigenvalue weighted by atomic mass is 10.1. The van der Waals surface area contributed by atoms with Gasteiger partial charge in [0.1, 0.15) is 0 Å². The number of nitrogens with zero attached hydrogens (tertiary/aromatic N) is 2. The molecule has 4 nitrogen and oxygen atoms in total. The zero-order valence-electron chi connectivity index (χ0n) is 17.5. The molecule has 0 aliphatic carbocycles. The van der Waals surface area contributed by atoms with Gasteiger partial charge in [-0.15, -0.1) is 0 Å². The number of carbonyl (C=O) groups is 1. The third kappa shape index (κ3) is 5.19. The fourth-order valence-electron chi connectivity index (χ4n) is 3.21. The average molecular weight is 426 g/mol. The summed E-state index contributed by atoms with van der Waals surface area (Å²) in [5.41, 5.74) is 6.78. The van der Waals surface area contributed by atoms with E-state index in [1.807, 2.05) is 98.8 Å². The largest absolute Gasteiger partial charge is 0.325 e. The van der Waals surface area contributed by atoms with Crippen LogP contribution >= 0.6 is 11.8 Å². The second kappa shape index (κ2) is 9.58. The fraction of sp³-hybridized carbons (Fsp3) is 0.115. The zero-order chi connectivity index (χ0) is 21.6. The molecule has 0 aliphatic rings. The van der Waals surface area contributed by atoms with E-state index in [1.165, 1.54) is 11.8 Å². The van der Waals surface area contributed by atoms with Crippen molar-refractivity contribution >= 4 is 23.4 Å². The second-order valence-corrected chi connectivity index (χ2v) is 8.18. The summed E-state index contributed by atoms with van der Waals surface area (Å²) in [6.45, 7) is 4.05. The molecule has 0 saturated carbocycles. The first kappa shape index (κ1) is 20.8. The highest BCUT2D eigenvalue weighted by Crippen LogP contribution is 2.27. The van der Waals surface area contributed by atoms with Crippen molar-refractivity contribution in [3.63, 3.8) is 0 Å². The quantitative estimate of drug-likeness (QED) is 0.297. The van der Waals surface area contributed by atoms with Gasteiger partial charge in [0.15, 0.2) is 5.16 Å². The van der Waals surface area contributed by atoms with Gasteiger partial charge in [-0.1, -0.05) is 84.6 Å². The molecule has 0 aliphatic heterocycles. The van der Waals surface area contributed by atoms with Gasteiger partial charge < -0.3 is 5.32 Å². The minimum absolute atomic E-state index is 0.0753. The number of aromatic nitrogens is 2. The molecule has 154 valence electrons. The van der Waals surface area contributed by atoms with Gasteiger partial charge in [-0.2, -0.15) is 0 Å². The van der Waals surface area contributed by atoms with Crippen molar-refractivity contribution in [2.45, 2.75) is 19.0 Å². The topological polar surface area (TPSA) is 54.9 Å². The predicted octanol–water partition coefficient (Wildman–Crippen LogP) is 6.16. The van der Waals surface area contributed by atoms with Crippen LogP contribution in [0.3, 0.4) is 0 Å². The lowest BCUT2D eigenvalue weighted by Gasteiger charge is -2.11. The molecule has 0 bridgehead atoms. The zero-order valence-corrected chi connectivity index (χ0v) is 18.3. The Kier molecular flexibility index (Phi) is 6.43. The first-order valence-electron chi connectivity index (χ1n) is 10.1. The highest BCUT2D eigenvalue weighted by atomic mass is 32.2. The number of carbonyl (C=O) groups excluding carboxylic acids is 1. The van der Waals surface area contributed by atoms with E-state index in [0.717, 1.165) is 39.3 Å². The summed E-state index contributed by atoms with van der Waals surface area (Å²) in [6.07, 6.45) is 0. The molecule has 0 fully saturated rings. The van der Waals surface area contributed by atoms with Crippen LogP contribution < -0.4 is 5.32 Å². The van der Waals surface area contributed by atoms with Crippen molar-refractivity contribution in [3.8, 4) is 22.5 Å². The van der Waals surface area contributed by atoms with Crippen LogP contribution in [0.5, 0.6) is 0 Å². The maximum Gasteiger partial charge on any atom is 0.234 e. The molecule has 4 rings (SSSR count). The summed E-state index contributed by atoms with van der Waals surface area (Å²) in [5, 5.41) is 3.58. The van der Waals surface area contributed by atoms with Crippen molar-refractivity contribution in [1.29, 1.82) is 0 Å². The summed E-state index contributed by atoms with van der Waals surface area (Å²) in [7, 11) is 0. The Bertz CT molecular complexity index is 1140. The van der Waals surface area contributed by atoms with E-state index in [2.05, 4.69) is 5.32 Å². The number of benzene rings is 3. The normalized spacial score (nSPS) is 10.6. The highest BCUT2D eigenvalue weighted by Gasteiger charge is 2.12. The van der Waals surface area contributed by atoms with E-state index in [1.54, 1.807) is 0 Å². The molecule has 1 amide bonds. The molecule has 1 heterocycles. The molecule has 0 saturated heterocycles. The molecule has 0 radical (unpaired) electrons. The van der Waals surface area contributed by atoms with Crippen LogP contribution in [0.2, 0.25) is 0 Å². The highest BCUT2D eigenvalue weighted by molar-refractivity contribution is 7.99. The first-order valence-corrected chi connectivity index (χ1v) is 11.1. The Morgan fingerprint density at radius 1 is 0.806 bits per heavy atom. The molecular formula is C26H23N3OS. The number of amides is 1. The lowest BCUT2D eigenvalue weighted by Crippen LogP contribution is -2.15. The van der Waals surface area contributed by atoms with Gasteiger partial charge in [0, 0.05) is 16.8 Å². The van der Waals surface area contributed by atoms with Crippen LogP contribution in [0.4, 0.5) is 5.69 Å². The van der Waals surface area contributed by atoms with Gasteiger partial charge in [-0.05, 0) is 37.1 Å². The summed E-state index contributed by atoms with van der Waals surface area (Å²) in [4.78, 5) is 22.0. The van der Waals surface area contributed by atoms with E-state index in [-0.39, 0.29) is 11.7 Å². The maximum absolute atomic E-state index is 12.6. The van der Waals surface area contributed by atoms with E-state index < -0.39 is 0 Å². The smallest absolute Gasteiger partial charge is 0.234 e. The first-order chi connectivity index (χ1) is 15.1. The maximum atomic E-state index is 12.6. The van der Waals surface area contributed by atoms with Crippen molar-refractivity contribution in [1.82, 2.24) is 9.97 Å². The average Bonchev–Trinajstić information content (AvgIpc) is 2.82. The molecular weight excluding hydrogens is 402 g/mol. The molecule has 31 heavy (non-hydrogen) atoms. The fourth-order valence-corrected chi connectivity index (χ4v) is 3.86. The van der Waals surface area contributed by atoms with E-state index in [0.29, 0.717) is 5.16 Å². The van der Waals surface area contributed by atoms with E-state index in [9.17, 15) is 4.79 Å². The molecule has 1 N–H and O–H groups in total. The minimum atomic E-state index is -0.0753. The van der Waals surface area contributed by atoms with Crippen molar-refractivity contribution in [2.24, 2.45) is 0 Å². The third-order valence-corrected chi connectivity index (χ3v) is 5.90. The van der Waals surface area contributed by atoms with Crippen LogP contribution in [-0.2, 0) is 4.79 Å². The van der Waals surface area contributed by atoms with Gasteiger partial charge in [0.05, 0.1) is 17.1 Å². The number of aryl methyl sites for hydroxylation is 1. The summed E-state index contributed by atoms with van der Waals surface area (Å²) >= 11 is 1.34. The molecule has 4 aromatic rings. The number of thioether (sulfide) groups is 1. The standard InChI is InChI=1S/C26H23N3OS/c1-18-10-9-15-22(19(18)2)27-25(30)17-31-26-28-23(20-11-5-3-6-12-20)16-24(29-26)21-13-7-4-8-14-21/h3-16H,17H2,1-2H3,(H,27,30). The molecule has 0 atom stereocenters. The number of hydrogen-bond acceptors (Lipinski definition) is 4. The van der Waals surface area contributed by atoms with Crippen LogP contribution in [0.1, 0.15) is 11.1 Å². The van der Waals surface area contributed by atoms with Crippen molar-refractivity contribution in [3.05, 3.63) is 96.1 Å². The summed E-state index contributed by atoms with van der Waals surface area (Å²) < 4.78 is 0. The van der Waals surface area contributed by atoms with Crippen LogP contribution in [0.15, 0.2) is 90.1 Å².